The number of hydrogen-bond acceptors (Lipinski definition) is 7. The molecule has 11 heteroatoms. The Bertz CT molecular complexity index is 1430. The Morgan fingerprint density at radius 1 is 1.06 bits per heavy atom. The molecule has 1 aliphatic heterocycles. The summed E-state index contributed by atoms with van der Waals surface area (Å²) in [5, 5.41) is 24.9. The molecule has 1 fully saturated rings. The second-order valence-electron chi connectivity index (χ2n) is 8.49. The van der Waals surface area contributed by atoms with Crippen molar-refractivity contribution in [2.45, 2.75) is 31.5 Å². The molecule has 3 heterocycles. The van der Waals surface area contributed by atoms with Crippen LogP contribution in [-0.4, -0.2) is 54.9 Å². The molecule has 0 radical (unpaired) electrons. The third-order valence-electron chi connectivity index (χ3n) is 6.07. The first-order valence-electron chi connectivity index (χ1n) is 11.3. The highest BCUT2D eigenvalue weighted by atomic mass is 16.6. The van der Waals surface area contributed by atoms with Crippen LogP contribution < -0.4 is 16.8 Å². The highest BCUT2D eigenvalue weighted by Gasteiger charge is 2.42. The van der Waals surface area contributed by atoms with Crippen LogP contribution in [0.4, 0.5) is 11.5 Å². The van der Waals surface area contributed by atoms with Crippen LogP contribution in [0.1, 0.15) is 23.5 Å². The number of carbonyl (C=O) groups excluding carboxylic acids is 1. The van der Waals surface area contributed by atoms with Crippen LogP contribution in [0.5, 0.6) is 0 Å². The Hall–Kier alpha value is -4.32. The van der Waals surface area contributed by atoms with E-state index in [2.05, 4.69) is 20.3 Å². The molecule has 5 rings (SSSR count). The molecule has 4 aromatic rings. The molecular formula is C25H25N7O4. The van der Waals surface area contributed by atoms with Crippen LogP contribution in [0.15, 0.2) is 72.1 Å². The van der Waals surface area contributed by atoms with Crippen molar-refractivity contribution in [2.24, 2.45) is 16.5 Å². The number of aromatic nitrogens is 3. The van der Waals surface area contributed by atoms with Crippen molar-refractivity contribution in [3.05, 3.63) is 72.7 Å². The van der Waals surface area contributed by atoms with E-state index in [1.54, 1.807) is 35.8 Å². The van der Waals surface area contributed by atoms with Crippen molar-refractivity contribution < 1.29 is 19.7 Å². The van der Waals surface area contributed by atoms with E-state index in [0.717, 1.165) is 11.1 Å². The number of nitrogens with one attached hydrogen (secondary N) is 1. The molecule has 0 bridgehead atoms. The molecule has 0 unspecified atom stereocenters. The van der Waals surface area contributed by atoms with Crippen LogP contribution in [0.25, 0.3) is 22.2 Å². The number of benzene rings is 2. The summed E-state index contributed by atoms with van der Waals surface area (Å²) in [6, 6.07) is 16.3. The summed E-state index contributed by atoms with van der Waals surface area (Å²) in [4.78, 5) is 24.5. The predicted octanol–water partition coefficient (Wildman–Crippen LogP) is 1.89. The van der Waals surface area contributed by atoms with Crippen molar-refractivity contribution in [3.63, 3.8) is 0 Å². The minimum absolute atomic E-state index is 0.304. The van der Waals surface area contributed by atoms with Gasteiger partial charge in [0.15, 0.2) is 12.2 Å². The third kappa shape index (κ3) is 4.26. The van der Waals surface area contributed by atoms with Gasteiger partial charge < -0.3 is 36.3 Å². The highest BCUT2D eigenvalue weighted by Crippen LogP contribution is 2.39. The smallest absolute Gasteiger partial charge is 0.280 e. The lowest BCUT2D eigenvalue weighted by Crippen LogP contribution is -2.30. The minimum atomic E-state index is -1.12. The zero-order valence-electron chi connectivity index (χ0n) is 19.3. The first kappa shape index (κ1) is 23.4. The summed E-state index contributed by atoms with van der Waals surface area (Å²) in [5.41, 5.74) is 13.8. The van der Waals surface area contributed by atoms with E-state index in [1.807, 2.05) is 36.5 Å². The number of ether oxygens (including phenoxy) is 1. The van der Waals surface area contributed by atoms with Crippen molar-refractivity contribution in [1.29, 1.82) is 0 Å². The van der Waals surface area contributed by atoms with E-state index in [4.69, 9.17) is 16.2 Å². The number of aliphatic imine (C=N–C) groups is 1. The quantitative estimate of drug-likeness (QED) is 0.208. The van der Waals surface area contributed by atoms with E-state index >= 15 is 0 Å². The Labute approximate surface area is 206 Å². The number of nitrogens with two attached hydrogens (primary N) is 2. The van der Waals surface area contributed by atoms with Gasteiger partial charge >= 0.3 is 0 Å². The standard InChI is InChI=1S/C25H25N7O4/c1-13-19(33)20(34)24(36-13)32-11-17(14-5-3-2-4-6-14)18-21(28-12-29-22(18)32)30-16-9-7-15(8-10-16)23(35)31-25(26)27/h2-13,19-20,24,33-34H,1H3,(H,28,29,30)(H4,26,27,31,35)/t13-,19-,20-,24-/m1/s1. The number of rotatable bonds is 5. The van der Waals surface area contributed by atoms with Crippen molar-refractivity contribution >= 4 is 34.4 Å². The summed E-state index contributed by atoms with van der Waals surface area (Å²) in [6.45, 7) is 1.71. The van der Waals surface area contributed by atoms with Gasteiger partial charge in [0.2, 0.25) is 0 Å². The summed E-state index contributed by atoms with van der Waals surface area (Å²) in [6.07, 6.45) is -0.252. The van der Waals surface area contributed by atoms with Gasteiger partial charge in [0.05, 0.1) is 11.5 Å². The Balaban J connectivity index is 1.58. The van der Waals surface area contributed by atoms with Crippen LogP contribution >= 0.6 is 0 Å². The number of aliphatic hydroxyl groups excluding tert-OH is 2. The van der Waals surface area contributed by atoms with E-state index < -0.39 is 30.4 Å². The Kier molecular flexibility index (Phi) is 6.10. The molecular weight excluding hydrogens is 462 g/mol. The molecule has 0 spiro atoms. The normalized spacial score (nSPS) is 21.4. The number of fused-ring (bicyclic) bond motifs is 1. The van der Waals surface area contributed by atoms with Crippen molar-refractivity contribution in [3.8, 4) is 11.1 Å². The van der Waals surface area contributed by atoms with Crippen LogP contribution in [0, 0.1) is 0 Å². The van der Waals surface area contributed by atoms with Crippen molar-refractivity contribution in [1.82, 2.24) is 14.5 Å². The highest BCUT2D eigenvalue weighted by molar-refractivity contribution is 6.03. The summed E-state index contributed by atoms with van der Waals surface area (Å²) in [7, 11) is 0. The van der Waals surface area contributed by atoms with Gasteiger partial charge in [0, 0.05) is 23.0 Å². The second-order valence-corrected chi connectivity index (χ2v) is 8.49. The maximum Gasteiger partial charge on any atom is 0.280 e. The molecule has 7 N–H and O–H groups in total. The lowest BCUT2D eigenvalue weighted by molar-refractivity contribution is -0.0295. The SMILES string of the molecule is C[C@H]1O[C@@H](n2cc(-c3ccccc3)c3c(Nc4ccc(C(=O)N=C(N)N)cc4)ncnc32)[C@H](O)[C@@H]1O. The zero-order valence-corrected chi connectivity index (χ0v) is 19.3. The predicted molar refractivity (Wildman–Crippen MR) is 134 cm³/mol. The van der Waals surface area contributed by atoms with Gasteiger partial charge in [-0.2, -0.15) is 4.99 Å². The van der Waals surface area contributed by atoms with Gasteiger partial charge in [-0.1, -0.05) is 30.3 Å². The van der Waals surface area contributed by atoms with Gasteiger partial charge in [0.1, 0.15) is 30.0 Å². The maximum atomic E-state index is 12.1. The largest absolute Gasteiger partial charge is 0.388 e. The topological polar surface area (TPSA) is 174 Å². The lowest BCUT2D eigenvalue weighted by Gasteiger charge is -2.17. The molecule has 1 aliphatic rings. The third-order valence-corrected chi connectivity index (χ3v) is 6.07. The molecule has 1 saturated heterocycles. The number of aliphatic hydroxyl groups is 2. The summed E-state index contributed by atoms with van der Waals surface area (Å²) in [5.74, 6) is -0.329. The summed E-state index contributed by atoms with van der Waals surface area (Å²) < 4.78 is 7.59. The number of carbonyl (C=O) groups is 1. The maximum absolute atomic E-state index is 12.1. The molecule has 0 saturated carbocycles. The van der Waals surface area contributed by atoms with Gasteiger partial charge in [0.25, 0.3) is 5.91 Å². The molecule has 4 atom stereocenters. The van der Waals surface area contributed by atoms with Gasteiger partial charge in [-0.25, -0.2) is 9.97 Å². The first-order chi connectivity index (χ1) is 17.3. The van der Waals surface area contributed by atoms with Crippen LogP contribution in [-0.2, 0) is 4.74 Å². The van der Waals surface area contributed by atoms with E-state index in [1.165, 1.54) is 6.33 Å². The number of hydrogen-bond donors (Lipinski definition) is 5. The van der Waals surface area contributed by atoms with E-state index in [0.29, 0.717) is 28.1 Å². The zero-order chi connectivity index (χ0) is 25.4. The molecule has 11 nitrogen and oxygen atoms in total. The van der Waals surface area contributed by atoms with E-state index in [9.17, 15) is 15.0 Å². The summed E-state index contributed by atoms with van der Waals surface area (Å²) >= 11 is 0. The minimum Gasteiger partial charge on any atom is -0.388 e. The first-order valence-corrected chi connectivity index (χ1v) is 11.3. The van der Waals surface area contributed by atoms with Gasteiger partial charge in [-0.15, -0.1) is 0 Å². The van der Waals surface area contributed by atoms with Gasteiger partial charge in [-0.05, 0) is 36.8 Å². The lowest BCUT2D eigenvalue weighted by atomic mass is 10.1. The molecule has 184 valence electrons. The van der Waals surface area contributed by atoms with Crippen molar-refractivity contribution in [2.75, 3.05) is 5.32 Å². The Morgan fingerprint density at radius 2 is 1.78 bits per heavy atom. The fourth-order valence-electron chi connectivity index (χ4n) is 4.28. The average molecular weight is 488 g/mol. The average Bonchev–Trinajstić information content (AvgIpc) is 3.38. The number of anilines is 2. The van der Waals surface area contributed by atoms with Gasteiger partial charge in [-0.3, -0.25) is 4.79 Å². The molecule has 36 heavy (non-hydrogen) atoms. The molecule has 2 aromatic heterocycles. The van der Waals surface area contributed by atoms with Crippen LogP contribution in [0.3, 0.4) is 0 Å². The fourth-order valence-corrected chi connectivity index (χ4v) is 4.28. The second kappa shape index (κ2) is 9.38. The van der Waals surface area contributed by atoms with Crippen LogP contribution in [0.2, 0.25) is 0 Å². The number of guanidine groups is 1. The number of amides is 1. The van der Waals surface area contributed by atoms with E-state index in [-0.39, 0.29) is 5.96 Å². The monoisotopic (exact) mass is 487 g/mol. The Morgan fingerprint density at radius 3 is 2.42 bits per heavy atom. The fraction of sp³-hybridized carbons (Fsp3) is 0.200. The number of nitrogens with zero attached hydrogens (tertiary/aromatic N) is 4. The molecule has 1 amide bonds. The molecule has 0 aliphatic carbocycles. The molecule has 2 aromatic carbocycles.